The molecule has 0 unspecified atom stereocenters. The molecule has 0 saturated heterocycles. The number of likely N-dealkylation sites (N-methyl/N-ethyl adjacent to an activating group) is 1. The first-order valence-corrected chi connectivity index (χ1v) is 6.82. The number of hydrogen-bond acceptors (Lipinski definition) is 3. The highest BCUT2D eigenvalue weighted by molar-refractivity contribution is 9.10. The molecule has 0 aliphatic rings. The third kappa shape index (κ3) is 5.19. The molecule has 0 saturated carbocycles. The summed E-state index contributed by atoms with van der Waals surface area (Å²) in [5.74, 6) is 1.15. The minimum absolute atomic E-state index is 0.238. The van der Waals surface area contributed by atoms with E-state index in [-0.39, 0.29) is 5.78 Å². The second kappa shape index (κ2) is 7.54. The maximum atomic E-state index is 10.9. The highest BCUT2D eigenvalue weighted by atomic mass is 79.9. The van der Waals surface area contributed by atoms with Crippen molar-refractivity contribution in [2.24, 2.45) is 0 Å². The third-order valence-electron chi connectivity index (χ3n) is 2.85. The summed E-state index contributed by atoms with van der Waals surface area (Å²) in [6.07, 6.45) is 1.53. The Hall–Kier alpha value is -0.870. The monoisotopic (exact) mass is 313 g/mol. The number of rotatable bonds is 7. The van der Waals surface area contributed by atoms with Gasteiger partial charge in [-0.15, -0.1) is 0 Å². The molecule has 100 valence electrons. The molecule has 1 aromatic carbocycles. The number of ether oxygens (including phenoxy) is 1. The maximum Gasteiger partial charge on any atom is 0.131 e. The van der Waals surface area contributed by atoms with E-state index in [1.54, 1.807) is 14.0 Å². The third-order valence-corrected chi connectivity index (χ3v) is 3.34. The maximum absolute atomic E-state index is 10.9. The Bertz CT molecular complexity index is 407. The Morgan fingerprint density at radius 1 is 1.39 bits per heavy atom. The van der Waals surface area contributed by atoms with E-state index in [1.807, 2.05) is 19.2 Å². The molecule has 1 rings (SSSR count). The van der Waals surface area contributed by atoms with Crippen molar-refractivity contribution in [2.75, 3.05) is 27.2 Å². The van der Waals surface area contributed by atoms with Crippen molar-refractivity contribution in [1.82, 2.24) is 4.90 Å². The van der Waals surface area contributed by atoms with Gasteiger partial charge in [-0.05, 0) is 44.2 Å². The van der Waals surface area contributed by atoms with Gasteiger partial charge in [0.15, 0.2) is 0 Å². The van der Waals surface area contributed by atoms with Crippen LogP contribution in [0.3, 0.4) is 0 Å². The Morgan fingerprint density at radius 3 is 2.72 bits per heavy atom. The standard InChI is InChI=1S/C14H20BrNO2/c1-11(17)6-8-16(2)9-7-12-10-13(15)4-5-14(12)18-3/h4-5,10H,6-9H2,1-3H3. The molecule has 0 fully saturated rings. The van der Waals surface area contributed by atoms with Gasteiger partial charge in [-0.3, -0.25) is 4.79 Å². The lowest BCUT2D eigenvalue weighted by atomic mass is 10.1. The number of nitrogens with zero attached hydrogens (tertiary/aromatic N) is 1. The summed E-state index contributed by atoms with van der Waals surface area (Å²) in [7, 11) is 3.72. The summed E-state index contributed by atoms with van der Waals surface area (Å²) in [4.78, 5) is 13.1. The van der Waals surface area contributed by atoms with Crippen LogP contribution in [0.1, 0.15) is 18.9 Å². The van der Waals surface area contributed by atoms with Crippen LogP contribution in [0.2, 0.25) is 0 Å². The lowest BCUT2D eigenvalue weighted by molar-refractivity contribution is -0.117. The summed E-state index contributed by atoms with van der Waals surface area (Å²) in [5, 5.41) is 0. The van der Waals surface area contributed by atoms with Crippen molar-refractivity contribution in [3.8, 4) is 5.75 Å². The van der Waals surface area contributed by atoms with Crippen molar-refractivity contribution in [3.63, 3.8) is 0 Å². The first-order valence-electron chi connectivity index (χ1n) is 6.03. The Labute approximate surface area is 117 Å². The smallest absolute Gasteiger partial charge is 0.131 e. The first-order chi connectivity index (χ1) is 8.52. The molecular weight excluding hydrogens is 294 g/mol. The normalized spacial score (nSPS) is 10.7. The number of Topliss-reactive ketones (excluding diaryl/α,β-unsaturated/α-hetero) is 1. The second-order valence-electron chi connectivity index (χ2n) is 4.46. The van der Waals surface area contributed by atoms with Crippen LogP contribution in [0.5, 0.6) is 5.75 Å². The minimum Gasteiger partial charge on any atom is -0.496 e. The van der Waals surface area contributed by atoms with E-state index in [1.165, 1.54) is 5.56 Å². The van der Waals surface area contributed by atoms with Gasteiger partial charge < -0.3 is 9.64 Å². The van der Waals surface area contributed by atoms with Gasteiger partial charge in [-0.25, -0.2) is 0 Å². The van der Waals surface area contributed by atoms with Gasteiger partial charge >= 0.3 is 0 Å². The predicted octanol–water partition coefficient (Wildman–Crippen LogP) is 2.91. The summed E-state index contributed by atoms with van der Waals surface area (Å²) in [5.41, 5.74) is 1.18. The van der Waals surface area contributed by atoms with E-state index in [0.29, 0.717) is 6.42 Å². The quantitative estimate of drug-likeness (QED) is 0.775. The number of halogens is 1. The fourth-order valence-electron chi connectivity index (χ4n) is 1.71. The number of methoxy groups -OCH3 is 1. The van der Waals surface area contributed by atoms with Gasteiger partial charge in [-0.2, -0.15) is 0 Å². The fraction of sp³-hybridized carbons (Fsp3) is 0.500. The molecule has 0 aromatic heterocycles. The van der Waals surface area contributed by atoms with Gasteiger partial charge in [0.05, 0.1) is 7.11 Å². The lowest BCUT2D eigenvalue weighted by Crippen LogP contribution is -2.23. The second-order valence-corrected chi connectivity index (χ2v) is 5.38. The van der Waals surface area contributed by atoms with Crippen LogP contribution in [0.15, 0.2) is 22.7 Å². The van der Waals surface area contributed by atoms with Gasteiger partial charge in [0, 0.05) is 24.0 Å². The van der Waals surface area contributed by atoms with Gasteiger partial charge in [0.1, 0.15) is 11.5 Å². The Kier molecular flexibility index (Phi) is 6.36. The molecule has 0 bridgehead atoms. The fourth-order valence-corrected chi connectivity index (χ4v) is 2.12. The molecule has 0 spiro atoms. The molecule has 0 aliphatic carbocycles. The lowest BCUT2D eigenvalue weighted by Gasteiger charge is -2.16. The summed E-state index contributed by atoms with van der Waals surface area (Å²) < 4.78 is 6.40. The van der Waals surface area contributed by atoms with Crippen LogP contribution in [0.25, 0.3) is 0 Å². The van der Waals surface area contributed by atoms with Crippen molar-refractivity contribution < 1.29 is 9.53 Å². The number of carbonyl (C=O) groups excluding carboxylic acids is 1. The molecular formula is C14H20BrNO2. The predicted molar refractivity (Wildman–Crippen MR) is 77.2 cm³/mol. The van der Waals surface area contributed by atoms with E-state index in [9.17, 15) is 4.79 Å². The first kappa shape index (κ1) is 15.2. The summed E-state index contributed by atoms with van der Waals surface area (Å²) in [6, 6.07) is 6.02. The molecule has 0 atom stereocenters. The molecule has 0 N–H and O–H groups in total. The molecule has 3 nitrogen and oxygen atoms in total. The highest BCUT2D eigenvalue weighted by Crippen LogP contribution is 2.23. The van der Waals surface area contributed by atoms with Crippen molar-refractivity contribution in [1.29, 1.82) is 0 Å². The van der Waals surface area contributed by atoms with Crippen LogP contribution in [-0.4, -0.2) is 37.9 Å². The highest BCUT2D eigenvalue weighted by Gasteiger charge is 2.06. The van der Waals surface area contributed by atoms with Crippen LogP contribution in [-0.2, 0) is 11.2 Å². The van der Waals surface area contributed by atoms with Crippen molar-refractivity contribution in [2.45, 2.75) is 19.8 Å². The number of hydrogen-bond donors (Lipinski definition) is 0. The number of benzene rings is 1. The number of ketones is 1. The Balaban J connectivity index is 2.52. The van der Waals surface area contributed by atoms with E-state index in [4.69, 9.17) is 4.74 Å². The summed E-state index contributed by atoms with van der Waals surface area (Å²) in [6.45, 7) is 3.36. The minimum atomic E-state index is 0.238. The zero-order valence-electron chi connectivity index (χ0n) is 11.2. The molecule has 4 heteroatoms. The van der Waals surface area contributed by atoms with E-state index in [0.717, 1.165) is 29.7 Å². The van der Waals surface area contributed by atoms with Crippen LogP contribution in [0.4, 0.5) is 0 Å². The van der Waals surface area contributed by atoms with Crippen LogP contribution < -0.4 is 4.74 Å². The molecule has 0 heterocycles. The van der Waals surface area contributed by atoms with Crippen LogP contribution in [0, 0.1) is 0 Å². The zero-order valence-corrected chi connectivity index (χ0v) is 12.8. The number of carbonyl (C=O) groups is 1. The van der Waals surface area contributed by atoms with Crippen LogP contribution >= 0.6 is 15.9 Å². The van der Waals surface area contributed by atoms with Crippen molar-refractivity contribution in [3.05, 3.63) is 28.2 Å². The SMILES string of the molecule is COc1ccc(Br)cc1CCN(C)CCC(C)=O. The van der Waals surface area contributed by atoms with E-state index < -0.39 is 0 Å². The van der Waals surface area contributed by atoms with Gasteiger partial charge in [-0.1, -0.05) is 15.9 Å². The van der Waals surface area contributed by atoms with Gasteiger partial charge in [0.25, 0.3) is 0 Å². The van der Waals surface area contributed by atoms with Gasteiger partial charge in [0.2, 0.25) is 0 Å². The zero-order chi connectivity index (χ0) is 13.5. The van der Waals surface area contributed by atoms with E-state index in [2.05, 4.69) is 26.9 Å². The molecule has 0 radical (unpaired) electrons. The molecule has 0 amide bonds. The largest absolute Gasteiger partial charge is 0.496 e. The summed E-state index contributed by atoms with van der Waals surface area (Å²) >= 11 is 3.47. The Morgan fingerprint density at radius 2 is 2.11 bits per heavy atom. The van der Waals surface area contributed by atoms with Crippen molar-refractivity contribution >= 4 is 21.7 Å². The molecule has 0 aliphatic heterocycles. The topological polar surface area (TPSA) is 29.5 Å². The molecule has 1 aromatic rings. The molecule has 18 heavy (non-hydrogen) atoms. The average Bonchev–Trinajstić information content (AvgIpc) is 2.34. The van der Waals surface area contributed by atoms with E-state index >= 15 is 0 Å². The average molecular weight is 314 g/mol.